The zero-order chi connectivity index (χ0) is 25.8. The predicted molar refractivity (Wildman–Crippen MR) is 113 cm³/mol. The molecule has 3 atom stereocenters. The molecule has 1 aliphatic rings. The molecule has 1 amide bonds. The van der Waals surface area contributed by atoms with E-state index in [0.717, 1.165) is 12.1 Å². The molecule has 1 heterocycles. The largest absolute Gasteiger partial charge is 0.492 e. The van der Waals surface area contributed by atoms with Crippen LogP contribution in [0.15, 0.2) is 42.5 Å². The number of carbonyl (C=O) groups is 1. The summed E-state index contributed by atoms with van der Waals surface area (Å²) in [6.07, 6.45) is -10.4. The van der Waals surface area contributed by atoms with Crippen molar-refractivity contribution >= 4 is 11.8 Å². The van der Waals surface area contributed by atoms with Crippen molar-refractivity contribution < 1.29 is 40.6 Å². The summed E-state index contributed by atoms with van der Waals surface area (Å²) in [6, 6.07) is 7.22. The average Bonchev–Trinajstić information content (AvgIpc) is 3.23. The minimum Gasteiger partial charge on any atom is -0.492 e. The summed E-state index contributed by atoms with van der Waals surface area (Å²) in [7, 11) is 0. The maximum Gasteiger partial charge on any atom is 0.417 e. The van der Waals surface area contributed by atoms with Gasteiger partial charge >= 0.3 is 18.4 Å². The van der Waals surface area contributed by atoms with Gasteiger partial charge in [0.15, 0.2) is 0 Å². The summed E-state index contributed by atoms with van der Waals surface area (Å²) in [5.74, 6) is -0.973. The fourth-order valence-electron chi connectivity index (χ4n) is 3.89. The van der Waals surface area contributed by atoms with E-state index in [4.69, 9.17) is 14.7 Å². The highest BCUT2D eigenvalue weighted by Gasteiger charge is 2.51. The van der Waals surface area contributed by atoms with Crippen LogP contribution >= 0.6 is 0 Å². The van der Waals surface area contributed by atoms with Crippen LogP contribution < -0.4 is 15.4 Å². The Bertz CT molecular complexity index is 1080. The molecule has 0 spiro atoms. The number of ether oxygens (including phenoxy) is 2. The van der Waals surface area contributed by atoms with Crippen LogP contribution in [0, 0.1) is 11.3 Å². The van der Waals surface area contributed by atoms with Crippen molar-refractivity contribution in [2.24, 2.45) is 0 Å². The molecule has 2 aromatic rings. The number of benzene rings is 2. The third-order valence-electron chi connectivity index (χ3n) is 5.43. The predicted octanol–water partition coefficient (Wildman–Crippen LogP) is 5.60. The SMILES string of the molecule is CCOC(=O)Nc1ccc(OCC2CC(c3ccc(C#N)c(C(F)(F)F)c3)C(C(F)(F)F)N2)cc1. The van der Waals surface area contributed by atoms with E-state index in [1.165, 1.54) is 30.3 Å². The van der Waals surface area contributed by atoms with Gasteiger partial charge in [0.2, 0.25) is 0 Å². The zero-order valence-corrected chi connectivity index (χ0v) is 18.3. The number of rotatable bonds is 6. The lowest BCUT2D eigenvalue weighted by molar-refractivity contribution is -0.156. The van der Waals surface area contributed by atoms with Crippen molar-refractivity contribution in [3.63, 3.8) is 0 Å². The number of nitrogens with zero attached hydrogens (tertiary/aromatic N) is 1. The van der Waals surface area contributed by atoms with Gasteiger partial charge < -0.3 is 9.47 Å². The highest BCUT2D eigenvalue weighted by molar-refractivity contribution is 5.84. The zero-order valence-electron chi connectivity index (χ0n) is 18.3. The van der Waals surface area contributed by atoms with Gasteiger partial charge in [-0.2, -0.15) is 31.6 Å². The standard InChI is InChI=1S/C23H21F6N3O3/c1-2-34-21(33)32-15-5-7-17(8-6-15)35-12-16-10-18(20(31-16)23(27,28)29)13-3-4-14(11-30)19(9-13)22(24,25)26/h3-9,16,18,20,31H,2,10,12H2,1H3,(H,32,33). The van der Waals surface area contributed by atoms with Gasteiger partial charge in [0.1, 0.15) is 18.4 Å². The van der Waals surface area contributed by atoms with Crippen LogP contribution in [0.3, 0.4) is 0 Å². The van der Waals surface area contributed by atoms with Crippen molar-refractivity contribution in [2.45, 2.75) is 43.7 Å². The molecule has 1 aliphatic heterocycles. The van der Waals surface area contributed by atoms with Crippen LogP contribution in [0.2, 0.25) is 0 Å². The molecule has 3 rings (SSSR count). The number of alkyl halides is 6. The van der Waals surface area contributed by atoms with Crippen LogP contribution in [0.1, 0.15) is 36.0 Å². The van der Waals surface area contributed by atoms with Crippen LogP contribution in [-0.2, 0) is 10.9 Å². The minimum atomic E-state index is -4.88. The second-order valence-electron chi connectivity index (χ2n) is 7.82. The maximum atomic E-state index is 13.7. The maximum absolute atomic E-state index is 13.7. The van der Waals surface area contributed by atoms with E-state index in [2.05, 4.69) is 10.6 Å². The number of amides is 1. The van der Waals surface area contributed by atoms with Gasteiger partial charge in [0.25, 0.3) is 0 Å². The Hall–Kier alpha value is -3.46. The molecular weight excluding hydrogens is 480 g/mol. The molecular formula is C23H21F6N3O3. The van der Waals surface area contributed by atoms with Gasteiger partial charge in [0.05, 0.1) is 23.8 Å². The summed E-state index contributed by atoms with van der Waals surface area (Å²) >= 11 is 0. The smallest absolute Gasteiger partial charge is 0.417 e. The normalized spacial score (nSPS) is 20.2. The molecule has 35 heavy (non-hydrogen) atoms. The van der Waals surface area contributed by atoms with Crippen LogP contribution in [0.25, 0.3) is 0 Å². The van der Waals surface area contributed by atoms with Crippen molar-refractivity contribution in [3.8, 4) is 11.8 Å². The Kier molecular flexibility index (Phi) is 7.80. The van der Waals surface area contributed by atoms with Crippen LogP contribution in [0.4, 0.5) is 36.8 Å². The number of halogens is 6. The summed E-state index contributed by atoms with van der Waals surface area (Å²) in [5, 5.41) is 13.8. The molecule has 0 aromatic heterocycles. The summed E-state index contributed by atoms with van der Waals surface area (Å²) in [6.45, 7) is 1.68. The first-order valence-corrected chi connectivity index (χ1v) is 10.5. The van der Waals surface area contributed by atoms with Crippen molar-refractivity contribution in [2.75, 3.05) is 18.5 Å². The van der Waals surface area contributed by atoms with Crippen molar-refractivity contribution in [1.82, 2.24) is 5.32 Å². The lowest BCUT2D eigenvalue weighted by atomic mass is 9.88. The molecule has 188 valence electrons. The fourth-order valence-corrected chi connectivity index (χ4v) is 3.89. The Morgan fingerprint density at radius 2 is 1.83 bits per heavy atom. The molecule has 0 aliphatic carbocycles. The summed E-state index contributed by atoms with van der Waals surface area (Å²) < 4.78 is 91.3. The summed E-state index contributed by atoms with van der Waals surface area (Å²) in [4.78, 5) is 11.4. The quantitative estimate of drug-likeness (QED) is 0.504. The molecule has 0 saturated carbocycles. The Balaban J connectivity index is 1.72. The average molecular weight is 501 g/mol. The molecule has 12 heteroatoms. The molecule has 0 radical (unpaired) electrons. The first-order chi connectivity index (χ1) is 16.4. The first kappa shape index (κ1) is 26.2. The Labute approximate surface area is 196 Å². The number of nitrogens with one attached hydrogen (secondary N) is 2. The van der Waals surface area contributed by atoms with Crippen LogP contribution in [-0.4, -0.2) is 37.6 Å². The lowest BCUT2D eigenvalue weighted by Gasteiger charge is -2.23. The van der Waals surface area contributed by atoms with E-state index in [1.54, 1.807) is 6.92 Å². The second kappa shape index (κ2) is 10.4. The van der Waals surface area contributed by atoms with Gasteiger partial charge in [-0.25, -0.2) is 4.79 Å². The number of nitriles is 1. The van der Waals surface area contributed by atoms with Crippen molar-refractivity contribution in [1.29, 1.82) is 5.26 Å². The fraction of sp³-hybridized carbons (Fsp3) is 0.391. The number of hydrogen-bond donors (Lipinski definition) is 2. The van der Waals surface area contributed by atoms with Gasteiger partial charge in [-0.05, 0) is 55.3 Å². The third kappa shape index (κ3) is 6.57. The molecule has 6 nitrogen and oxygen atoms in total. The number of carbonyl (C=O) groups excluding carboxylic acids is 1. The van der Waals surface area contributed by atoms with E-state index in [1.807, 2.05) is 0 Å². The van der Waals surface area contributed by atoms with Crippen molar-refractivity contribution in [3.05, 3.63) is 59.2 Å². The van der Waals surface area contributed by atoms with Gasteiger partial charge in [0, 0.05) is 17.6 Å². The lowest BCUT2D eigenvalue weighted by Crippen LogP contribution is -2.44. The molecule has 2 N–H and O–H groups in total. The molecule has 3 unspecified atom stereocenters. The molecule has 2 aromatic carbocycles. The number of anilines is 1. The monoisotopic (exact) mass is 501 g/mol. The van der Waals surface area contributed by atoms with E-state index in [-0.39, 0.29) is 25.2 Å². The van der Waals surface area contributed by atoms with E-state index >= 15 is 0 Å². The topological polar surface area (TPSA) is 83.4 Å². The van der Waals surface area contributed by atoms with Crippen LogP contribution in [0.5, 0.6) is 5.75 Å². The highest BCUT2D eigenvalue weighted by atomic mass is 19.4. The highest BCUT2D eigenvalue weighted by Crippen LogP contribution is 2.42. The van der Waals surface area contributed by atoms with Gasteiger partial charge in [-0.1, -0.05) is 6.07 Å². The van der Waals surface area contributed by atoms with Gasteiger partial charge in [-0.15, -0.1) is 0 Å². The van der Waals surface area contributed by atoms with E-state index in [0.29, 0.717) is 17.5 Å². The minimum absolute atomic E-state index is 0.129. The molecule has 1 saturated heterocycles. The van der Waals surface area contributed by atoms with E-state index in [9.17, 15) is 31.1 Å². The molecule has 0 bridgehead atoms. The second-order valence-corrected chi connectivity index (χ2v) is 7.82. The van der Waals surface area contributed by atoms with E-state index < -0.39 is 47.6 Å². The Morgan fingerprint density at radius 3 is 2.40 bits per heavy atom. The number of hydrogen-bond acceptors (Lipinski definition) is 5. The summed E-state index contributed by atoms with van der Waals surface area (Å²) in [5.41, 5.74) is -1.66. The Morgan fingerprint density at radius 1 is 1.14 bits per heavy atom. The molecule has 1 fully saturated rings. The third-order valence-corrected chi connectivity index (χ3v) is 5.43. The first-order valence-electron chi connectivity index (χ1n) is 10.5. The van der Waals surface area contributed by atoms with Gasteiger partial charge in [-0.3, -0.25) is 10.6 Å².